The SMILES string of the molecule is CC(C)(C)OC(=O)[C@@H]1[C@H](c2ccccc2)[C@H](C(=O)OC(C)(C)C)[C@@]2(C[C@@]1(C)O)NNC(=S)N2. The molecule has 0 radical (unpaired) electrons. The van der Waals surface area contributed by atoms with Crippen LogP contribution in [0.5, 0.6) is 0 Å². The Morgan fingerprint density at radius 3 is 1.97 bits per heavy atom. The van der Waals surface area contributed by atoms with E-state index in [1.54, 1.807) is 48.5 Å². The van der Waals surface area contributed by atoms with Crippen molar-refractivity contribution in [2.45, 2.75) is 83.3 Å². The van der Waals surface area contributed by atoms with Gasteiger partial charge in [0.05, 0.1) is 11.5 Å². The molecule has 1 saturated heterocycles. The number of hydrazine groups is 1. The number of carbonyl (C=O) groups excluding carboxylic acids is 2. The van der Waals surface area contributed by atoms with Crippen molar-refractivity contribution in [1.82, 2.24) is 16.2 Å². The van der Waals surface area contributed by atoms with Crippen LogP contribution in [0.1, 0.15) is 66.4 Å². The fourth-order valence-electron chi connectivity index (χ4n) is 4.89. The molecule has 1 heterocycles. The third-order valence-corrected chi connectivity index (χ3v) is 6.00. The van der Waals surface area contributed by atoms with Crippen LogP contribution >= 0.6 is 12.2 Å². The van der Waals surface area contributed by atoms with Gasteiger partial charge in [-0.25, -0.2) is 5.43 Å². The largest absolute Gasteiger partial charge is 0.460 e. The van der Waals surface area contributed by atoms with Crippen LogP contribution in [0.2, 0.25) is 0 Å². The number of thiocarbonyl (C=S) groups is 1. The minimum atomic E-state index is -1.54. The molecule has 5 atom stereocenters. The minimum Gasteiger partial charge on any atom is -0.460 e. The van der Waals surface area contributed by atoms with E-state index in [1.807, 2.05) is 30.3 Å². The van der Waals surface area contributed by atoms with Gasteiger partial charge in [-0.2, -0.15) is 0 Å². The van der Waals surface area contributed by atoms with Gasteiger partial charge in [-0.1, -0.05) is 30.3 Å². The Balaban J connectivity index is 2.21. The van der Waals surface area contributed by atoms with Crippen molar-refractivity contribution in [3.05, 3.63) is 35.9 Å². The summed E-state index contributed by atoms with van der Waals surface area (Å²) in [6, 6.07) is 9.21. The van der Waals surface area contributed by atoms with Crippen LogP contribution in [0, 0.1) is 11.8 Å². The fourth-order valence-corrected chi connectivity index (χ4v) is 5.12. The number of hydrogen-bond donors (Lipinski definition) is 4. The van der Waals surface area contributed by atoms with E-state index in [1.165, 1.54) is 0 Å². The zero-order valence-electron chi connectivity index (χ0n) is 20.3. The van der Waals surface area contributed by atoms with Crippen LogP contribution in [0.4, 0.5) is 0 Å². The molecule has 33 heavy (non-hydrogen) atoms. The van der Waals surface area contributed by atoms with E-state index in [0.717, 1.165) is 0 Å². The Labute approximate surface area is 200 Å². The molecule has 1 saturated carbocycles. The summed E-state index contributed by atoms with van der Waals surface area (Å²) in [5.41, 5.74) is 2.41. The summed E-state index contributed by atoms with van der Waals surface area (Å²) in [6.45, 7) is 12.3. The van der Waals surface area contributed by atoms with Crippen molar-refractivity contribution in [1.29, 1.82) is 0 Å². The highest BCUT2D eigenvalue weighted by molar-refractivity contribution is 7.80. The number of aliphatic hydroxyl groups is 1. The number of nitrogens with one attached hydrogen (secondary N) is 3. The first kappa shape index (κ1) is 25.4. The average molecular weight is 478 g/mol. The number of benzene rings is 1. The smallest absolute Gasteiger partial charge is 0.313 e. The van der Waals surface area contributed by atoms with Gasteiger partial charge < -0.3 is 19.9 Å². The number of hydrogen-bond acceptors (Lipinski definition) is 7. The Kier molecular flexibility index (Phi) is 6.56. The van der Waals surface area contributed by atoms with Crippen LogP contribution in [0.3, 0.4) is 0 Å². The highest BCUT2D eigenvalue weighted by atomic mass is 32.1. The molecule has 1 aliphatic carbocycles. The van der Waals surface area contributed by atoms with Gasteiger partial charge in [0.15, 0.2) is 5.11 Å². The Bertz CT molecular complexity index is 922. The van der Waals surface area contributed by atoms with Gasteiger partial charge in [0.1, 0.15) is 22.8 Å². The van der Waals surface area contributed by atoms with E-state index in [-0.39, 0.29) is 6.42 Å². The average Bonchev–Trinajstić information content (AvgIpc) is 2.98. The van der Waals surface area contributed by atoms with Gasteiger partial charge in [0.2, 0.25) is 0 Å². The zero-order valence-corrected chi connectivity index (χ0v) is 21.1. The summed E-state index contributed by atoms with van der Waals surface area (Å²) in [5.74, 6) is -3.78. The monoisotopic (exact) mass is 477 g/mol. The Morgan fingerprint density at radius 1 is 1.00 bits per heavy atom. The van der Waals surface area contributed by atoms with E-state index in [4.69, 9.17) is 21.7 Å². The topological polar surface area (TPSA) is 109 Å². The van der Waals surface area contributed by atoms with Gasteiger partial charge in [-0.3, -0.25) is 15.0 Å². The van der Waals surface area contributed by atoms with Crippen LogP contribution in [0.25, 0.3) is 0 Å². The van der Waals surface area contributed by atoms with Crippen molar-refractivity contribution in [2.75, 3.05) is 0 Å². The van der Waals surface area contributed by atoms with Crippen molar-refractivity contribution >= 4 is 29.3 Å². The first-order valence-electron chi connectivity index (χ1n) is 11.1. The maximum absolute atomic E-state index is 13.7. The van der Waals surface area contributed by atoms with Crippen LogP contribution < -0.4 is 16.2 Å². The second-order valence-electron chi connectivity index (χ2n) is 11.2. The van der Waals surface area contributed by atoms with Crippen molar-refractivity contribution in [2.24, 2.45) is 11.8 Å². The molecule has 9 heteroatoms. The molecular formula is C24H35N3O5S. The van der Waals surface area contributed by atoms with Crippen molar-refractivity contribution < 1.29 is 24.2 Å². The lowest BCUT2D eigenvalue weighted by molar-refractivity contribution is -0.190. The third-order valence-electron chi connectivity index (χ3n) is 5.80. The highest BCUT2D eigenvalue weighted by Crippen LogP contribution is 2.52. The maximum Gasteiger partial charge on any atom is 0.313 e. The molecule has 0 amide bonds. The Hall–Kier alpha value is -2.23. The quantitative estimate of drug-likeness (QED) is 0.386. The number of rotatable bonds is 3. The molecule has 182 valence electrons. The third kappa shape index (κ3) is 5.47. The van der Waals surface area contributed by atoms with E-state index in [9.17, 15) is 14.7 Å². The summed E-state index contributed by atoms with van der Waals surface area (Å²) < 4.78 is 11.6. The molecular weight excluding hydrogens is 442 g/mol. The first-order chi connectivity index (χ1) is 15.0. The van der Waals surface area contributed by atoms with E-state index >= 15 is 0 Å². The van der Waals surface area contributed by atoms with E-state index < -0.39 is 52.2 Å². The second kappa shape index (κ2) is 8.52. The molecule has 0 aromatic heterocycles. The standard InChI is InChI=1S/C24H35N3O5S/c1-21(2,3)31-18(28)16-15(14-11-9-8-10-12-14)17(19(29)32-22(4,5)6)24(13-23(16,7)30)25-20(33)26-27-24/h8-12,15-17,27,30H,13H2,1-7H3,(H2,25,26,33)/t15-,16-,17+,23+,24+/m0/s1. The molecule has 0 unspecified atom stereocenters. The fraction of sp³-hybridized carbons (Fsp3) is 0.625. The Morgan fingerprint density at radius 2 is 1.52 bits per heavy atom. The van der Waals surface area contributed by atoms with Gasteiger partial charge in [-0.05, 0) is 66.2 Å². The normalized spacial score (nSPS) is 32.1. The molecule has 1 aromatic rings. The van der Waals surface area contributed by atoms with Crippen molar-refractivity contribution in [3.8, 4) is 0 Å². The van der Waals surface area contributed by atoms with Gasteiger partial charge >= 0.3 is 11.9 Å². The summed E-state index contributed by atoms with van der Waals surface area (Å²) in [6.07, 6.45) is 0.00426. The molecule has 1 spiro atoms. The molecule has 1 aromatic carbocycles. The van der Waals surface area contributed by atoms with Crippen LogP contribution in [0.15, 0.2) is 30.3 Å². The number of esters is 2. The lowest BCUT2D eigenvalue weighted by Gasteiger charge is -2.53. The molecule has 2 fully saturated rings. The maximum atomic E-state index is 13.7. The molecule has 1 aliphatic heterocycles. The van der Waals surface area contributed by atoms with Crippen LogP contribution in [-0.2, 0) is 19.1 Å². The predicted octanol–water partition coefficient (Wildman–Crippen LogP) is 2.52. The van der Waals surface area contributed by atoms with Crippen LogP contribution in [-0.4, -0.2) is 44.6 Å². The number of ether oxygens (including phenoxy) is 2. The highest BCUT2D eigenvalue weighted by Gasteiger charge is 2.65. The number of carbonyl (C=O) groups is 2. The second-order valence-corrected chi connectivity index (χ2v) is 11.6. The first-order valence-corrected chi connectivity index (χ1v) is 11.5. The van der Waals surface area contributed by atoms with Crippen molar-refractivity contribution in [3.63, 3.8) is 0 Å². The lowest BCUT2D eigenvalue weighted by Crippen LogP contribution is -2.70. The van der Waals surface area contributed by atoms with Gasteiger partial charge in [0, 0.05) is 12.3 Å². The summed E-state index contributed by atoms with van der Waals surface area (Å²) >= 11 is 5.29. The molecule has 3 rings (SSSR count). The van der Waals surface area contributed by atoms with E-state index in [2.05, 4.69) is 16.2 Å². The summed E-state index contributed by atoms with van der Waals surface area (Å²) in [5, 5.41) is 15.1. The summed E-state index contributed by atoms with van der Waals surface area (Å²) in [7, 11) is 0. The molecule has 2 aliphatic rings. The lowest BCUT2D eigenvalue weighted by atomic mass is 9.58. The minimum absolute atomic E-state index is 0.00426. The molecule has 4 N–H and O–H groups in total. The predicted molar refractivity (Wildman–Crippen MR) is 128 cm³/mol. The summed E-state index contributed by atoms with van der Waals surface area (Å²) in [4.78, 5) is 27.2. The van der Waals surface area contributed by atoms with Gasteiger partial charge in [0.25, 0.3) is 0 Å². The van der Waals surface area contributed by atoms with Gasteiger partial charge in [-0.15, -0.1) is 0 Å². The molecule has 0 bridgehead atoms. The molecule has 8 nitrogen and oxygen atoms in total. The van der Waals surface area contributed by atoms with E-state index in [0.29, 0.717) is 10.7 Å². The zero-order chi connectivity index (χ0) is 24.8.